The molecule has 0 unspecified atom stereocenters. The van der Waals surface area contributed by atoms with Gasteiger partial charge in [-0.1, -0.05) is 31.2 Å². The maximum Gasteiger partial charge on any atom is 0.239 e. The van der Waals surface area contributed by atoms with Gasteiger partial charge < -0.3 is 5.32 Å². The number of nitrogens with two attached hydrogens (primary N) is 1. The van der Waals surface area contributed by atoms with Crippen molar-refractivity contribution in [2.45, 2.75) is 13.3 Å². The lowest BCUT2D eigenvalue weighted by Crippen LogP contribution is -2.11. The highest BCUT2D eigenvalue weighted by molar-refractivity contribution is 5.91. The van der Waals surface area contributed by atoms with Crippen LogP contribution in [0.2, 0.25) is 0 Å². The van der Waals surface area contributed by atoms with Crippen LogP contribution in [0.1, 0.15) is 12.5 Å². The molecule has 21 heavy (non-hydrogen) atoms. The van der Waals surface area contributed by atoms with Crippen LogP contribution in [0.4, 0.5) is 17.5 Å². The fourth-order valence-electron chi connectivity index (χ4n) is 2.20. The number of para-hydroxylation sites is 1. The highest BCUT2D eigenvalue weighted by Gasteiger charge is 2.07. The van der Waals surface area contributed by atoms with E-state index in [0.717, 1.165) is 28.8 Å². The molecule has 1 heterocycles. The molecule has 0 amide bonds. The van der Waals surface area contributed by atoms with Gasteiger partial charge in [0.2, 0.25) is 5.95 Å². The Balaban J connectivity index is 2.01. The number of rotatable bonds is 4. The number of fused-ring (bicyclic) bond motifs is 1. The van der Waals surface area contributed by atoms with Crippen LogP contribution in [-0.2, 0) is 6.42 Å². The van der Waals surface area contributed by atoms with E-state index in [-0.39, 0.29) is 0 Å². The molecule has 0 atom stereocenters. The quantitative estimate of drug-likeness (QED) is 0.505. The highest BCUT2D eigenvalue weighted by atomic mass is 15.3. The van der Waals surface area contributed by atoms with Crippen molar-refractivity contribution in [2.24, 2.45) is 5.84 Å². The molecular formula is C16H17N5. The molecule has 3 rings (SSSR count). The van der Waals surface area contributed by atoms with E-state index in [0.29, 0.717) is 5.95 Å². The maximum atomic E-state index is 5.44. The number of anilines is 3. The Morgan fingerprint density at radius 1 is 1.00 bits per heavy atom. The van der Waals surface area contributed by atoms with Gasteiger partial charge in [-0.05, 0) is 36.2 Å². The van der Waals surface area contributed by atoms with Gasteiger partial charge in [0, 0.05) is 11.1 Å². The van der Waals surface area contributed by atoms with Crippen molar-refractivity contribution in [2.75, 3.05) is 10.7 Å². The lowest BCUT2D eigenvalue weighted by atomic mass is 10.1. The molecule has 5 heteroatoms. The molecule has 0 radical (unpaired) electrons. The van der Waals surface area contributed by atoms with Crippen LogP contribution < -0.4 is 16.6 Å². The summed E-state index contributed by atoms with van der Waals surface area (Å²) in [7, 11) is 0. The minimum atomic E-state index is 0.390. The zero-order chi connectivity index (χ0) is 14.7. The van der Waals surface area contributed by atoms with Crippen LogP contribution in [0.5, 0.6) is 0 Å². The van der Waals surface area contributed by atoms with Gasteiger partial charge in [-0.3, -0.25) is 5.43 Å². The van der Waals surface area contributed by atoms with Crippen LogP contribution in [0.15, 0.2) is 48.5 Å². The molecule has 4 N–H and O–H groups in total. The highest BCUT2D eigenvalue weighted by Crippen LogP contribution is 2.25. The van der Waals surface area contributed by atoms with Gasteiger partial charge >= 0.3 is 0 Å². The zero-order valence-corrected chi connectivity index (χ0v) is 11.8. The number of hydrazine groups is 1. The summed E-state index contributed by atoms with van der Waals surface area (Å²) in [4.78, 5) is 8.74. The van der Waals surface area contributed by atoms with Gasteiger partial charge in [0.05, 0.1) is 5.52 Å². The third kappa shape index (κ3) is 2.78. The monoisotopic (exact) mass is 279 g/mol. The summed E-state index contributed by atoms with van der Waals surface area (Å²) >= 11 is 0. The summed E-state index contributed by atoms with van der Waals surface area (Å²) in [5, 5.41) is 4.28. The molecule has 5 nitrogen and oxygen atoms in total. The Hall–Kier alpha value is -2.66. The van der Waals surface area contributed by atoms with Crippen LogP contribution in [0.25, 0.3) is 10.9 Å². The largest absolute Gasteiger partial charge is 0.340 e. The molecule has 106 valence electrons. The van der Waals surface area contributed by atoms with E-state index in [1.165, 1.54) is 5.56 Å². The molecule has 1 aromatic heterocycles. The van der Waals surface area contributed by atoms with Gasteiger partial charge in [-0.2, -0.15) is 4.98 Å². The second kappa shape index (κ2) is 5.76. The molecule has 0 fully saturated rings. The SMILES string of the molecule is CCc1ccc(Nc2nc(NN)nc3ccccc23)cc1. The van der Waals surface area contributed by atoms with Gasteiger partial charge in [-0.15, -0.1) is 0 Å². The fourth-order valence-corrected chi connectivity index (χ4v) is 2.20. The third-order valence-corrected chi connectivity index (χ3v) is 3.36. The molecule has 0 aliphatic rings. The first-order valence-corrected chi connectivity index (χ1v) is 6.89. The lowest BCUT2D eigenvalue weighted by molar-refractivity contribution is 1.14. The van der Waals surface area contributed by atoms with E-state index < -0.39 is 0 Å². The second-order valence-electron chi connectivity index (χ2n) is 4.73. The first kappa shape index (κ1) is 13.3. The fraction of sp³-hybridized carbons (Fsp3) is 0.125. The van der Waals surface area contributed by atoms with Crippen molar-refractivity contribution in [1.29, 1.82) is 0 Å². The number of hydrogen-bond acceptors (Lipinski definition) is 5. The molecule has 0 bridgehead atoms. The van der Waals surface area contributed by atoms with E-state index in [2.05, 4.69) is 39.8 Å². The molecule has 0 saturated carbocycles. The predicted octanol–water partition coefficient (Wildman–Crippen LogP) is 3.22. The van der Waals surface area contributed by atoms with E-state index in [1.54, 1.807) is 0 Å². The molecule has 0 aliphatic carbocycles. The Bertz CT molecular complexity index is 752. The van der Waals surface area contributed by atoms with Crippen LogP contribution >= 0.6 is 0 Å². The summed E-state index contributed by atoms with van der Waals surface area (Å²) in [5.74, 6) is 6.56. The van der Waals surface area contributed by atoms with Crippen molar-refractivity contribution in [3.63, 3.8) is 0 Å². The number of benzene rings is 2. The summed E-state index contributed by atoms with van der Waals surface area (Å²) in [5.41, 5.74) is 5.63. The number of aryl methyl sites for hydroxylation is 1. The minimum absolute atomic E-state index is 0.390. The molecule has 3 aromatic rings. The summed E-state index contributed by atoms with van der Waals surface area (Å²) < 4.78 is 0. The molecule has 0 spiro atoms. The van der Waals surface area contributed by atoms with Crippen molar-refractivity contribution < 1.29 is 0 Å². The van der Waals surface area contributed by atoms with E-state index in [9.17, 15) is 0 Å². The second-order valence-corrected chi connectivity index (χ2v) is 4.73. The Morgan fingerprint density at radius 2 is 1.76 bits per heavy atom. The number of nitrogens with zero attached hydrogens (tertiary/aromatic N) is 2. The zero-order valence-electron chi connectivity index (χ0n) is 11.8. The minimum Gasteiger partial charge on any atom is -0.340 e. The Morgan fingerprint density at radius 3 is 2.48 bits per heavy atom. The summed E-state index contributed by atoms with van der Waals surface area (Å²) in [6, 6.07) is 16.1. The topological polar surface area (TPSA) is 75.9 Å². The van der Waals surface area contributed by atoms with E-state index in [4.69, 9.17) is 5.84 Å². The van der Waals surface area contributed by atoms with Crippen LogP contribution in [0.3, 0.4) is 0 Å². The van der Waals surface area contributed by atoms with Gasteiger partial charge in [0.25, 0.3) is 0 Å². The van der Waals surface area contributed by atoms with E-state index >= 15 is 0 Å². The predicted molar refractivity (Wildman–Crippen MR) is 86.5 cm³/mol. The molecule has 2 aromatic carbocycles. The van der Waals surface area contributed by atoms with E-state index in [1.807, 2.05) is 36.4 Å². The molecule has 0 saturated heterocycles. The third-order valence-electron chi connectivity index (χ3n) is 3.36. The standard InChI is InChI=1S/C16H17N5/c1-2-11-7-9-12(10-8-11)18-15-13-5-3-4-6-14(13)19-16(20-15)21-17/h3-10H,2,17H2,1H3,(H2,18,19,20,21). The van der Waals surface area contributed by atoms with Crippen LogP contribution in [-0.4, -0.2) is 9.97 Å². The first-order chi connectivity index (χ1) is 10.3. The maximum absolute atomic E-state index is 5.44. The van der Waals surface area contributed by atoms with Crippen molar-refractivity contribution in [3.05, 3.63) is 54.1 Å². The van der Waals surface area contributed by atoms with Crippen molar-refractivity contribution in [1.82, 2.24) is 9.97 Å². The normalized spacial score (nSPS) is 10.6. The average Bonchev–Trinajstić information content (AvgIpc) is 2.55. The molecule has 0 aliphatic heterocycles. The summed E-state index contributed by atoms with van der Waals surface area (Å²) in [6.45, 7) is 2.14. The number of nitrogens with one attached hydrogen (secondary N) is 2. The first-order valence-electron chi connectivity index (χ1n) is 6.89. The Labute approximate surface area is 123 Å². The lowest BCUT2D eigenvalue weighted by Gasteiger charge is -2.10. The summed E-state index contributed by atoms with van der Waals surface area (Å²) in [6.07, 6.45) is 1.03. The van der Waals surface area contributed by atoms with Crippen molar-refractivity contribution >= 4 is 28.4 Å². The number of aromatic nitrogens is 2. The Kier molecular flexibility index (Phi) is 3.66. The van der Waals surface area contributed by atoms with Crippen molar-refractivity contribution in [3.8, 4) is 0 Å². The van der Waals surface area contributed by atoms with Gasteiger partial charge in [-0.25, -0.2) is 10.8 Å². The molecular weight excluding hydrogens is 262 g/mol. The number of hydrogen-bond donors (Lipinski definition) is 3. The smallest absolute Gasteiger partial charge is 0.239 e. The number of nitrogen functional groups attached to an aromatic ring is 1. The van der Waals surface area contributed by atoms with Crippen LogP contribution in [0, 0.1) is 0 Å². The van der Waals surface area contributed by atoms with Gasteiger partial charge in [0.15, 0.2) is 0 Å². The van der Waals surface area contributed by atoms with Gasteiger partial charge in [0.1, 0.15) is 5.82 Å². The average molecular weight is 279 g/mol.